The summed E-state index contributed by atoms with van der Waals surface area (Å²) in [6.45, 7) is 12.2. The molecule has 0 unspecified atom stereocenters. The summed E-state index contributed by atoms with van der Waals surface area (Å²) in [6, 6.07) is 4.57. The van der Waals surface area contributed by atoms with E-state index in [1.165, 1.54) is 29.7 Å². The first kappa shape index (κ1) is 28.2. The molecule has 0 aliphatic carbocycles. The first-order valence-corrected chi connectivity index (χ1v) is 11.8. The van der Waals surface area contributed by atoms with Gasteiger partial charge in [0.2, 0.25) is 0 Å². The van der Waals surface area contributed by atoms with E-state index < -0.39 is 11.9 Å². The first-order chi connectivity index (χ1) is 15.6. The van der Waals surface area contributed by atoms with Crippen LogP contribution >= 0.6 is 0 Å². The third-order valence-corrected chi connectivity index (χ3v) is 5.26. The van der Waals surface area contributed by atoms with Gasteiger partial charge in [-0.1, -0.05) is 60.9 Å². The van der Waals surface area contributed by atoms with Crippen LogP contribution in [0.5, 0.6) is 5.75 Å². The Balaban J connectivity index is 2.58. The maximum atomic E-state index is 11.3. The molecule has 1 N–H and O–H groups in total. The fourth-order valence-electron chi connectivity index (χ4n) is 3.32. The van der Waals surface area contributed by atoms with Crippen molar-refractivity contribution in [2.45, 2.75) is 80.1 Å². The number of carbonyl (C=O) groups is 2. The average Bonchev–Trinajstić information content (AvgIpc) is 2.72. The van der Waals surface area contributed by atoms with Gasteiger partial charge in [-0.15, -0.1) is 0 Å². The molecule has 0 heterocycles. The summed E-state index contributed by atoms with van der Waals surface area (Å²) in [4.78, 5) is 22.6. The first-order valence-electron chi connectivity index (χ1n) is 11.8. The summed E-state index contributed by atoms with van der Waals surface area (Å²) in [6.07, 6.45) is 16.8. The van der Waals surface area contributed by atoms with Crippen LogP contribution in [-0.4, -0.2) is 17.0 Å². The lowest BCUT2D eigenvalue weighted by Gasteiger charge is -2.09. The number of carboxylic acid groups (broad SMARTS) is 1. The molecule has 0 saturated carbocycles. The molecule has 0 bridgehead atoms. The van der Waals surface area contributed by atoms with Crippen LogP contribution in [0.1, 0.15) is 89.6 Å². The van der Waals surface area contributed by atoms with Gasteiger partial charge in [0.25, 0.3) is 0 Å². The van der Waals surface area contributed by atoms with Crippen LogP contribution in [-0.2, 0) is 11.2 Å². The largest absolute Gasteiger partial charge is 0.478 e. The van der Waals surface area contributed by atoms with Crippen LogP contribution in [0.15, 0.2) is 65.3 Å². The molecule has 180 valence electrons. The maximum absolute atomic E-state index is 11.3. The highest BCUT2D eigenvalue weighted by Crippen LogP contribution is 2.23. The van der Waals surface area contributed by atoms with Gasteiger partial charge < -0.3 is 9.84 Å². The van der Waals surface area contributed by atoms with Gasteiger partial charge in [-0.3, -0.25) is 4.79 Å². The molecule has 0 radical (unpaired) electrons. The van der Waals surface area contributed by atoms with Crippen LogP contribution in [0, 0.1) is 5.92 Å². The van der Waals surface area contributed by atoms with E-state index in [4.69, 9.17) is 4.74 Å². The lowest BCUT2D eigenvalue weighted by Crippen LogP contribution is -2.05. The van der Waals surface area contributed by atoms with E-state index in [2.05, 4.69) is 65.0 Å². The molecule has 1 rings (SSSR count). The number of carbonyl (C=O) groups excluding carboxylic acids is 1. The standard InChI is InChI=1S/C29H40O4/c1-21(2)10-7-11-22(3)12-8-13-23(4)14-9-15-24(5)16-17-26-20-27(29(31)32)18-19-28(26)33-25(6)30/h7,10,12,14,16,18-21H,8-9,11,13,15,17H2,1-6H3,(H,31,32). The molecule has 0 spiro atoms. The molecule has 0 aromatic heterocycles. The third kappa shape index (κ3) is 12.7. The number of hydrogen-bond donors (Lipinski definition) is 1. The summed E-state index contributed by atoms with van der Waals surface area (Å²) >= 11 is 0. The zero-order chi connectivity index (χ0) is 24.8. The molecule has 0 amide bonds. The van der Waals surface area contributed by atoms with Crippen molar-refractivity contribution in [1.82, 2.24) is 0 Å². The molecule has 33 heavy (non-hydrogen) atoms. The van der Waals surface area contributed by atoms with E-state index in [1.807, 2.05) is 0 Å². The van der Waals surface area contributed by atoms with Crippen LogP contribution < -0.4 is 4.74 Å². The minimum Gasteiger partial charge on any atom is -0.478 e. The highest BCUT2D eigenvalue weighted by molar-refractivity contribution is 5.88. The fraction of sp³-hybridized carbons (Fsp3) is 0.448. The number of esters is 1. The van der Waals surface area contributed by atoms with Crippen LogP contribution in [0.4, 0.5) is 0 Å². The van der Waals surface area contributed by atoms with Crippen LogP contribution in [0.25, 0.3) is 0 Å². The van der Waals surface area contributed by atoms with Crippen LogP contribution in [0.3, 0.4) is 0 Å². The minimum absolute atomic E-state index is 0.186. The summed E-state index contributed by atoms with van der Waals surface area (Å²) in [5.74, 6) is -0.400. The van der Waals surface area contributed by atoms with E-state index in [1.54, 1.807) is 12.1 Å². The second-order valence-corrected chi connectivity index (χ2v) is 9.03. The van der Waals surface area contributed by atoms with Gasteiger partial charge in [0.1, 0.15) is 5.75 Å². The lowest BCUT2D eigenvalue weighted by atomic mass is 10.0. The Hall–Kier alpha value is -2.88. The molecular formula is C29H40O4. The average molecular weight is 453 g/mol. The number of allylic oxidation sites excluding steroid dienone is 8. The Morgan fingerprint density at radius 3 is 2.12 bits per heavy atom. The second kappa shape index (κ2) is 15.0. The van der Waals surface area contributed by atoms with Crippen LogP contribution in [0.2, 0.25) is 0 Å². The van der Waals surface area contributed by atoms with Gasteiger partial charge in [-0.2, -0.15) is 0 Å². The van der Waals surface area contributed by atoms with Crippen molar-refractivity contribution in [2.75, 3.05) is 0 Å². The smallest absolute Gasteiger partial charge is 0.335 e. The Bertz CT molecular complexity index is 914. The summed E-state index contributed by atoms with van der Waals surface area (Å²) in [5, 5.41) is 9.24. The molecule has 0 saturated heterocycles. The maximum Gasteiger partial charge on any atom is 0.335 e. The van der Waals surface area contributed by atoms with Crippen molar-refractivity contribution in [2.24, 2.45) is 5.92 Å². The molecule has 1 aromatic carbocycles. The Kier molecular flexibility index (Phi) is 12.8. The van der Waals surface area contributed by atoms with Crippen molar-refractivity contribution in [3.63, 3.8) is 0 Å². The van der Waals surface area contributed by atoms with E-state index in [9.17, 15) is 14.7 Å². The van der Waals surface area contributed by atoms with Gasteiger partial charge in [-0.25, -0.2) is 4.79 Å². The molecule has 1 aromatic rings. The van der Waals surface area contributed by atoms with Crippen molar-refractivity contribution in [1.29, 1.82) is 0 Å². The Morgan fingerprint density at radius 2 is 1.55 bits per heavy atom. The van der Waals surface area contributed by atoms with Gasteiger partial charge >= 0.3 is 11.9 Å². The van der Waals surface area contributed by atoms with Crippen molar-refractivity contribution < 1.29 is 19.4 Å². The third-order valence-electron chi connectivity index (χ3n) is 5.26. The van der Waals surface area contributed by atoms with Gasteiger partial charge in [-0.05, 0) is 89.0 Å². The monoisotopic (exact) mass is 452 g/mol. The van der Waals surface area contributed by atoms with E-state index in [0.29, 0.717) is 23.7 Å². The van der Waals surface area contributed by atoms with Gasteiger partial charge in [0, 0.05) is 6.92 Å². The highest BCUT2D eigenvalue weighted by Gasteiger charge is 2.10. The minimum atomic E-state index is -0.996. The molecule has 4 nitrogen and oxygen atoms in total. The van der Waals surface area contributed by atoms with Crippen molar-refractivity contribution >= 4 is 11.9 Å². The SMILES string of the molecule is CC(=O)Oc1ccc(C(=O)O)cc1CC=C(C)CCC=C(C)CCC=C(C)CC=CC(C)C. The number of ether oxygens (including phenoxy) is 1. The molecule has 0 aliphatic rings. The second-order valence-electron chi connectivity index (χ2n) is 9.03. The van der Waals surface area contributed by atoms with Crippen molar-refractivity contribution in [3.05, 3.63) is 76.4 Å². The fourth-order valence-corrected chi connectivity index (χ4v) is 3.32. The normalized spacial score (nSPS) is 13.1. The number of carboxylic acids is 1. The zero-order valence-electron chi connectivity index (χ0n) is 21.1. The van der Waals surface area contributed by atoms with Gasteiger partial charge in [0.15, 0.2) is 0 Å². The number of aromatic carboxylic acids is 1. The lowest BCUT2D eigenvalue weighted by molar-refractivity contribution is -0.131. The highest BCUT2D eigenvalue weighted by atomic mass is 16.5. The predicted octanol–water partition coefficient (Wildman–Crippen LogP) is 7.85. The topological polar surface area (TPSA) is 63.6 Å². The number of hydrogen-bond acceptors (Lipinski definition) is 3. The molecule has 4 heteroatoms. The number of rotatable bonds is 13. The van der Waals surface area contributed by atoms with E-state index in [0.717, 1.165) is 32.1 Å². The summed E-state index contributed by atoms with van der Waals surface area (Å²) in [7, 11) is 0. The van der Waals surface area contributed by atoms with E-state index in [-0.39, 0.29) is 5.56 Å². The molecular weight excluding hydrogens is 412 g/mol. The molecule has 0 fully saturated rings. The molecule has 0 atom stereocenters. The predicted molar refractivity (Wildman–Crippen MR) is 137 cm³/mol. The van der Waals surface area contributed by atoms with E-state index >= 15 is 0 Å². The molecule has 0 aliphatic heterocycles. The quantitative estimate of drug-likeness (QED) is 0.188. The summed E-state index contributed by atoms with van der Waals surface area (Å²) < 4.78 is 5.23. The number of benzene rings is 1. The van der Waals surface area contributed by atoms with Crippen molar-refractivity contribution in [3.8, 4) is 5.75 Å². The Morgan fingerprint density at radius 1 is 0.939 bits per heavy atom. The van der Waals surface area contributed by atoms with Gasteiger partial charge in [0.05, 0.1) is 5.56 Å². The Labute approximate surface area is 199 Å². The zero-order valence-corrected chi connectivity index (χ0v) is 21.1. The summed E-state index contributed by atoms with van der Waals surface area (Å²) in [5.41, 5.74) is 4.92.